The number of carbonyl (C=O) groups excluding carboxylic acids is 1. The molecule has 120 valence electrons. The maximum atomic E-state index is 11.3. The lowest BCUT2D eigenvalue weighted by atomic mass is 9.99. The number of amides is 1. The SMILES string of the molecule is CCc1c(-c2ccncc2)[nH]c2ccc(C3=NNC(=O)CC3)cc12. The van der Waals surface area contributed by atoms with E-state index in [1.165, 1.54) is 10.9 Å². The van der Waals surface area contributed by atoms with Gasteiger partial charge in [-0.05, 0) is 41.8 Å². The smallest absolute Gasteiger partial charge is 0.240 e. The van der Waals surface area contributed by atoms with Crippen LogP contribution >= 0.6 is 0 Å². The normalized spacial score (nSPS) is 14.5. The number of H-pyrrole nitrogens is 1. The van der Waals surface area contributed by atoms with E-state index in [4.69, 9.17) is 0 Å². The molecule has 0 fully saturated rings. The molecule has 5 heteroatoms. The van der Waals surface area contributed by atoms with E-state index in [2.05, 4.69) is 45.6 Å². The summed E-state index contributed by atoms with van der Waals surface area (Å²) in [6.07, 6.45) is 5.73. The molecule has 1 amide bonds. The number of hydrazone groups is 1. The molecule has 4 rings (SSSR count). The van der Waals surface area contributed by atoms with Gasteiger partial charge in [0, 0.05) is 47.4 Å². The number of aryl methyl sites for hydroxylation is 1. The van der Waals surface area contributed by atoms with Gasteiger partial charge in [-0.2, -0.15) is 5.10 Å². The van der Waals surface area contributed by atoms with Crippen molar-refractivity contribution in [1.29, 1.82) is 0 Å². The Morgan fingerprint density at radius 3 is 2.62 bits per heavy atom. The first-order valence-electron chi connectivity index (χ1n) is 8.17. The van der Waals surface area contributed by atoms with E-state index >= 15 is 0 Å². The number of hydrogen-bond donors (Lipinski definition) is 2. The van der Waals surface area contributed by atoms with Gasteiger partial charge in [0.1, 0.15) is 0 Å². The van der Waals surface area contributed by atoms with Crippen molar-refractivity contribution in [3.05, 3.63) is 53.9 Å². The summed E-state index contributed by atoms with van der Waals surface area (Å²) in [7, 11) is 0. The molecule has 0 aliphatic carbocycles. The first kappa shape index (κ1) is 14.6. The summed E-state index contributed by atoms with van der Waals surface area (Å²) >= 11 is 0. The molecule has 1 aromatic carbocycles. The Kier molecular flexibility index (Phi) is 3.61. The molecular formula is C19H18N4O. The summed E-state index contributed by atoms with van der Waals surface area (Å²) in [6, 6.07) is 10.4. The quantitative estimate of drug-likeness (QED) is 0.777. The summed E-state index contributed by atoms with van der Waals surface area (Å²) in [4.78, 5) is 18.9. The molecule has 0 saturated heterocycles. The second-order valence-electron chi connectivity index (χ2n) is 5.92. The fraction of sp³-hybridized carbons (Fsp3) is 0.211. The summed E-state index contributed by atoms with van der Waals surface area (Å²) in [5.41, 5.74) is 9.26. The minimum absolute atomic E-state index is 0.0179. The van der Waals surface area contributed by atoms with E-state index in [1.807, 2.05) is 24.5 Å². The number of rotatable bonds is 3. The average Bonchev–Trinajstić information content (AvgIpc) is 3.01. The van der Waals surface area contributed by atoms with Crippen molar-refractivity contribution in [3.63, 3.8) is 0 Å². The third-order valence-electron chi connectivity index (χ3n) is 4.47. The van der Waals surface area contributed by atoms with Crippen molar-refractivity contribution >= 4 is 22.5 Å². The molecule has 0 saturated carbocycles. The molecule has 0 spiro atoms. The molecule has 2 aromatic heterocycles. The van der Waals surface area contributed by atoms with E-state index in [0.29, 0.717) is 12.8 Å². The number of carbonyl (C=O) groups is 1. The predicted octanol–water partition coefficient (Wildman–Crippen LogP) is 3.41. The number of nitrogens with one attached hydrogen (secondary N) is 2. The highest BCUT2D eigenvalue weighted by molar-refractivity contribution is 6.07. The number of aromatic amines is 1. The first-order chi connectivity index (χ1) is 11.8. The molecule has 5 nitrogen and oxygen atoms in total. The standard InChI is InChI=1S/C19H18N4O/c1-2-14-15-11-13(16-5-6-18(24)23-22-16)3-4-17(15)21-19(14)12-7-9-20-10-8-12/h3-4,7-11,21H,2,5-6H2,1H3,(H,23,24). The van der Waals surface area contributed by atoms with Gasteiger partial charge in [0.05, 0.1) is 5.71 Å². The third-order valence-corrected chi connectivity index (χ3v) is 4.47. The van der Waals surface area contributed by atoms with Crippen LogP contribution in [0.4, 0.5) is 0 Å². The Balaban J connectivity index is 1.84. The van der Waals surface area contributed by atoms with Gasteiger partial charge in [-0.15, -0.1) is 0 Å². The zero-order valence-electron chi connectivity index (χ0n) is 13.5. The average molecular weight is 318 g/mol. The van der Waals surface area contributed by atoms with Crippen LogP contribution < -0.4 is 5.43 Å². The van der Waals surface area contributed by atoms with Gasteiger partial charge in [0.15, 0.2) is 0 Å². The van der Waals surface area contributed by atoms with Crippen LogP contribution in [0.25, 0.3) is 22.2 Å². The lowest BCUT2D eigenvalue weighted by Crippen LogP contribution is -2.25. The van der Waals surface area contributed by atoms with Gasteiger partial charge in [-0.1, -0.05) is 13.0 Å². The molecule has 24 heavy (non-hydrogen) atoms. The van der Waals surface area contributed by atoms with Gasteiger partial charge < -0.3 is 4.98 Å². The fourth-order valence-electron chi connectivity index (χ4n) is 3.24. The van der Waals surface area contributed by atoms with Crippen molar-refractivity contribution in [2.45, 2.75) is 26.2 Å². The van der Waals surface area contributed by atoms with Crippen molar-refractivity contribution in [2.24, 2.45) is 5.10 Å². The number of nitrogens with zero attached hydrogens (tertiary/aromatic N) is 2. The van der Waals surface area contributed by atoms with E-state index < -0.39 is 0 Å². The topological polar surface area (TPSA) is 70.1 Å². The van der Waals surface area contributed by atoms with Crippen LogP contribution in [0.2, 0.25) is 0 Å². The second-order valence-corrected chi connectivity index (χ2v) is 5.92. The molecule has 1 aliphatic rings. The van der Waals surface area contributed by atoms with Gasteiger partial charge >= 0.3 is 0 Å². The van der Waals surface area contributed by atoms with Crippen LogP contribution in [0.5, 0.6) is 0 Å². The van der Waals surface area contributed by atoms with Crippen molar-refractivity contribution in [1.82, 2.24) is 15.4 Å². The number of benzene rings is 1. The van der Waals surface area contributed by atoms with Crippen LogP contribution in [-0.4, -0.2) is 21.6 Å². The van der Waals surface area contributed by atoms with Gasteiger partial charge in [-0.3, -0.25) is 9.78 Å². The molecule has 0 atom stereocenters. The molecule has 1 aliphatic heterocycles. The summed E-state index contributed by atoms with van der Waals surface area (Å²) in [6.45, 7) is 2.17. The Bertz CT molecular complexity index is 941. The number of fused-ring (bicyclic) bond motifs is 1. The molecular weight excluding hydrogens is 300 g/mol. The highest BCUT2D eigenvalue weighted by Crippen LogP contribution is 2.31. The maximum absolute atomic E-state index is 11.3. The highest BCUT2D eigenvalue weighted by Gasteiger charge is 2.16. The number of hydrogen-bond acceptors (Lipinski definition) is 3. The summed E-state index contributed by atoms with van der Waals surface area (Å²) in [5, 5.41) is 5.42. The van der Waals surface area contributed by atoms with Crippen LogP contribution in [0.3, 0.4) is 0 Å². The van der Waals surface area contributed by atoms with Crippen molar-refractivity contribution < 1.29 is 4.79 Å². The molecule has 0 radical (unpaired) electrons. The molecule has 3 aromatic rings. The Hall–Kier alpha value is -2.95. The number of aromatic nitrogens is 2. The zero-order valence-corrected chi connectivity index (χ0v) is 13.5. The van der Waals surface area contributed by atoms with Gasteiger partial charge in [0.2, 0.25) is 5.91 Å². The second kappa shape index (κ2) is 5.92. The van der Waals surface area contributed by atoms with Crippen molar-refractivity contribution in [3.8, 4) is 11.3 Å². The van der Waals surface area contributed by atoms with Gasteiger partial charge in [0.25, 0.3) is 0 Å². The van der Waals surface area contributed by atoms with Crippen LogP contribution in [0, 0.1) is 0 Å². The molecule has 3 heterocycles. The lowest BCUT2D eigenvalue weighted by molar-refractivity contribution is -0.121. The molecule has 0 bridgehead atoms. The molecule has 2 N–H and O–H groups in total. The highest BCUT2D eigenvalue weighted by atomic mass is 16.2. The fourth-order valence-corrected chi connectivity index (χ4v) is 3.24. The summed E-state index contributed by atoms with van der Waals surface area (Å²) in [5.74, 6) is -0.0179. The Morgan fingerprint density at radius 1 is 1.08 bits per heavy atom. The maximum Gasteiger partial charge on any atom is 0.240 e. The van der Waals surface area contributed by atoms with E-state index in [9.17, 15) is 4.79 Å². The minimum Gasteiger partial charge on any atom is -0.354 e. The van der Waals surface area contributed by atoms with Crippen LogP contribution in [-0.2, 0) is 11.2 Å². The van der Waals surface area contributed by atoms with E-state index in [0.717, 1.165) is 34.5 Å². The van der Waals surface area contributed by atoms with Gasteiger partial charge in [-0.25, -0.2) is 5.43 Å². The predicted molar refractivity (Wildman–Crippen MR) is 94.8 cm³/mol. The van der Waals surface area contributed by atoms with Crippen LogP contribution in [0.15, 0.2) is 47.8 Å². The zero-order chi connectivity index (χ0) is 16.5. The Labute approximate surface area is 139 Å². The summed E-state index contributed by atoms with van der Waals surface area (Å²) < 4.78 is 0. The third kappa shape index (κ3) is 2.48. The lowest BCUT2D eigenvalue weighted by Gasteiger charge is -2.12. The monoisotopic (exact) mass is 318 g/mol. The number of pyridine rings is 1. The van der Waals surface area contributed by atoms with E-state index in [-0.39, 0.29) is 5.91 Å². The minimum atomic E-state index is -0.0179. The van der Waals surface area contributed by atoms with E-state index in [1.54, 1.807) is 0 Å². The largest absolute Gasteiger partial charge is 0.354 e. The first-order valence-corrected chi connectivity index (χ1v) is 8.17. The Morgan fingerprint density at radius 2 is 1.92 bits per heavy atom. The molecule has 0 unspecified atom stereocenters. The van der Waals surface area contributed by atoms with Crippen molar-refractivity contribution in [2.75, 3.05) is 0 Å². The van der Waals surface area contributed by atoms with Crippen LogP contribution in [0.1, 0.15) is 30.9 Å².